The van der Waals surface area contributed by atoms with Crippen molar-refractivity contribution in [1.82, 2.24) is 4.90 Å². The average Bonchev–Trinajstić information content (AvgIpc) is 2.72. The SMILES string of the molecule is Cc1ccc(S(=O)(=O)OCC2CCCN(C(=O)OCc3ccccc3)C2)cc1. The highest BCUT2D eigenvalue weighted by Crippen LogP contribution is 2.21. The summed E-state index contributed by atoms with van der Waals surface area (Å²) in [5, 5.41) is 0. The highest BCUT2D eigenvalue weighted by atomic mass is 32.2. The molecule has 1 aliphatic heterocycles. The molecule has 1 saturated heterocycles. The first-order valence-electron chi connectivity index (χ1n) is 9.36. The number of likely N-dealkylation sites (tertiary alicyclic amines) is 1. The zero-order valence-electron chi connectivity index (χ0n) is 15.9. The van der Waals surface area contributed by atoms with Crippen LogP contribution in [0.3, 0.4) is 0 Å². The van der Waals surface area contributed by atoms with Crippen molar-refractivity contribution >= 4 is 16.2 Å². The maximum Gasteiger partial charge on any atom is 0.410 e. The number of rotatable bonds is 6. The van der Waals surface area contributed by atoms with Gasteiger partial charge in [-0.15, -0.1) is 0 Å². The van der Waals surface area contributed by atoms with E-state index in [1.54, 1.807) is 29.2 Å². The van der Waals surface area contributed by atoms with Gasteiger partial charge in [0.15, 0.2) is 0 Å². The zero-order valence-corrected chi connectivity index (χ0v) is 16.7. The summed E-state index contributed by atoms with van der Waals surface area (Å²) in [5.74, 6) is -0.0433. The molecule has 1 amide bonds. The number of hydrogen-bond donors (Lipinski definition) is 0. The smallest absolute Gasteiger partial charge is 0.410 e. The van der Waals surface area contributed by atoms with Gasteiger partial charge in [-0.3, -0.25) is 4.18 Å². The second-order valence-electron chi connectivity index (χ2n) is 7.05. The van der Waals surface area contributed by atoms with Gasteiger partial charge in [0.2, 0.25) is 0 Å². The van der Waals surface area contributed by atoms with Crippen LogP contribution < -0.4 is 0 Å². The second-order valence-corrected chi connectivity index (χ2v) is 8.66. The van der Waals surface area contributed by atoms with Crippen LogP contribution in [0.25, 0.3) is 0 Å². The van der Waals surface area contributed by atoms with E-state index < -0.39 is 10.1 Å². The van der Waals surface area contributed by atoms with Crippen LogP contribution in [0.5, 0.6) is 0 Å². The molecule has 0 bridgehead atoms. The van der Waals surface area contributed by atoms with Gasteiger partial charge in [-0.1, -0.05) is 48.0 Å². The van der Waals surface area contributed by atoms with Crippen molar-refractivity contribution in [3.05, 3.63) is 65.7 Å². The number of aryl methyl sites for hydroxylation is 1. The number of hydrogen-bond acceptors (Lipinski definition) is 5. The Morgan fingerprint density at radius 3 is 2.54 bits per heavy atom. The lowest BCUT2D eigenvalue weighted by Crippen LogP contribution is -2.41. The Labute approximate surface area is 166 Å². The molecular weight excluding hydrogens is 378 g/mol. The number of carbonyl (C=O) groups excluding carboxylic acids is 1. The zero-order chi connectivity index (χ0) is 20.0. The minimum Gasteiger partial charge on any atom is -0.445 e. The summed E-state index contributed by atoms with van der Waals surface area (Å²) in [4.78, 5) is 14.1. The van der Waals surface area contributed by atoms with Crippen LogP contribution >= 0.6 is 0 Å². The maximum atomic E-state index is 12.3. The van der Waals surface area contributed by atoms with E-state index >= 15 is 0 Å². The summed E-state index contributed by atoms with van der Waals surface area (Å²) in [6, 6.07) is 16.1. The van der Waals surface area contributed by atoms with Gasteiger partial charge in [0, 0.05) is 19.0 Å². The minimum atomic E-state index is -3.80. The number of ether oxygens (including phenoxy) is 1. The van der Waals surface area contributed by atoms with Crippen molar-refractivity contribution in [3.8, 4) is 0 Å². The van der Waals surface area contributed by atoms with E-state index in [0.717, 1.165) is 24.0 Å². The molecule has 0 radical (unpaired) electrons. The quantitative estimate of drug-likeness (QED) is 0.687. The van der Waals surface area contributed by atoms with E-state index in [1.807, 2.05) is 37.3 Å². The third-order valence-electron chi connectivity index (χ3n) is 4.75. The van der Waals surface area contributed by atoms with Gasteiger partial charge in [0.05, 0.1) is 11.5 Å². The molecule has 1 atom stereocenters. The molecule has 6 nitrogen and oxygen atoms in total. The minimum absolute atomic E-state index is 0.0433. The summed E-state index contributed by atoms with van der Waals surface area (Å²) >= 11 is 0. The fraction of sp³-hybridized carbons (Fsp3) is 0.381. The first kappa shape index (κ1) is 20.4. The largest absolute Gasteiger partial charge is 0.445 e. The molecule has 28 heavy (non-hydrogen) atoms. The van der Waals surface area contributed by atoms with Crippen LogP contribution in [-0.4, -0.2) is 39.1 Å². The molecule has 2 aromatic rings. The van der Waals surface area contributed by atoms with Gasteiger partial charge in [-0.05, 0) is 37.5 Å². The Hall–Kier alpha value is -2.38. The Balaban J connectivity index is 1.50. The van der Waals surface area contributed by atoms with E-state index in [1.165, 1.54) is 0 Å². The van der Waals surface area contributed by atoms with E-state index in [2.05, 4.69) is 0 Å². The van der Waals surface area contributed by atoms with Crippen molar-refractivity contribution in [1.29, 1.82) is 0 Å². The molecule has 0 aliphatic carbocycles. The van der Waals surface area contributed by atoms with Gasteiger partial charge < -0.3 is 9.64 Å². The van der Waals surface area contributed by atoms with Gasteiger partial charge in [-0.2, -0.15) is 8.42 Å². The summed E-state index contributed by atoms with van der Waals surface area (Å²) in [6.07, 6.45) is 1.22. The van der Waals surface area contributed by atoms with Crippen molar-refractivity contribution in [2.75, 3.05) is 19.7 Å². The molecule has 7 heteroatoms. The Bertz CT molecular complexity index is 881. The predicted molar refractivity (Wildman–Crippen MR) is 105 cm³/mol. The molecule has 1 heterocycles. The lowest BCUT2D eigenvalue weighted by Gasteiger charge is -2.31. The van der Waals surface area contributed by atoms with Gasteiger partial charge in [0.1, 0.15) is 6.61 Å². The standard InChI is InChI=1S/C21H25NO5S/c1-17-9-11-20(12-10-17)28(24,25)27-16-19-8-5-13-22(14-19)21(23)26-15-18-6-3-2-4-7-18/h2-4,6-7,9-12,19H,5,8,13-16H2,1H3. The molecule has 1 unspecified atom stereocenters. The molecule has 150 valence electrons. The van der Waals surface area contributed by atoms with Crippen molar-refractivity contribution in [3.63, 3.8) is 0 Å². The number of amides is 1. The molecule has 0 aromatic heterocycles. The molecule has 0 spiro atoms. The van der Waals surface area contributed by atoms with Gasteiger partial charge >= 0.3 is 6.09 Å². The van der Waals surface area contributed by atoms with Crippen LogP contribution in [0, 0.1) is 12.8 Å². The fourth-order valence-electron chi connectivity index (χ4n) is 3.14. The molecule has 1 fully saturated rings. The van der Waals surface area contributed by atoms with Crippen LogP contribution in [0.2, 0.25) is 0 Å². The summed E-state index contributed by atoms with van der Waals surface area (Å²) in [5.41, 5.74) is 1.91. The number of benzene rings is 2. The summed E-state index contributed by atoms with van der Waals surface area (Å²) in [7, 11) is -3.80. The van der Waals surface area contributed by atoms with Gasteiger partial charge in [0.25, 0.3) is 10.1 Å². The van der Waals surface area contributed by atoms with Crippen LogP contribution in [0.1, 0.15) is 24.0 Å². The first-order chi connectivity index (χ1) is 13.4. The lowest BCUT2D eigenvalue weighted by molar-refractivity contribution is 0.0717. The molecule has 0 saturated carbocycles. The normalized spacial score (nSPS) is 17.3. The molecule has 0 N–H and O–H groups in total. The van der Waals surface area contributed by atoms with Gasteiger partial charge in [-0.25, -0.2) is 4.79 Å². The maximum absolute atomic E-state index is 12.3. The van der Waals surface area contributed by atoms with E-state index in [9.17, 15) is 13.2 Å². The van der Waals surface area contributed by atoms with Crippen molar-refractivity contribution in [2.24, 2.45) is 5.92 Å². The Morgan fingerprint density at radius 1 is 1.11 bits per heavy atom. The van der Waals surface area contributed by atoms with E-state index in [-0.39, 0.29) is 30.1 Å². The topological polar surface area (TPSA) is 72.9 Å². The highest BCUT2D eigenvalue weighted by molar-refractivity contribution is 7.86. The molecular formula is C21H25NO5S. The first-order valence-corrected chi connectivity index (χ1v) is 10.8. The third kappa shape index (κ3) is 5.56. The summed E-state index contributed by atoms with van der Waals surface area (Å²) < 4.78 is 35.3. The average molecular weight is 404 g/mol. The lowest BCUT2D eigenvalue weighted by atomic mass is 10.00. The van der Waals surface area contributed by atoms with Crippen LogP contribution in [0.15, 0.2) is 59.5 Å². The number of piperidine rings is 1. The van der Waals surface area contributed by atoms with Crippen LogP contribution in [0.4, 0.5) is 4.79 Å². The van der Waals surface area contributed by atoms with E-state index in [0.29, 0.717) is 13.1 Å². The predicted octanol–water partition coefficient (Wildman–Crippen LogP) is 3.75. The second kappa shape index (κ2) is 9.21. The summed E-state index contributed by atoms with van der Waals surface area (Å²) in [6.45, 7) is 3.20. The van der Waals surface area contributed by atoms with E-state index in [4.69, 9.17) is 8.92 Å². The van der Waals surface area contributed by atoms with Crippen molar-refractivity contribution < 1.29 is 22.1 Å². The van der Waals surface area contributed by atoms with Crippen molar-refractivity contribution in [2.45, 2.75) is 31.3 Å². The third-order valence-corrected chi connectivity index (χ3v) is 6.05. The Morgan fingerprint density at radius 2 is 1.82 bits per heavy atom. The monoisotopic (exact) mass is 403 g/mol. The van der Waals surface area contributed by atoms with Crippen LogP contribution in [-0.2, 0) is 25.6 Å². The fourth-order valence-corrected chi connectivity index (χ4v) is 4.11. The highest BCUT2D eigenvalue weighted by Gasteiger charge is 2.27. The Kier molecular flexibility index (Phi) is 6.70. The number of carbonyl (C=O) groups is 1. The molecule has 2 aromatic carbocycles. The molecule has 3 rings (SSSR count). The molecule has 1 aliphatic rings. The number of nitrogens with zero attached hydrogens (tertiary/aromatic N) is 1.